The van der Waals surface area contributed by atoms with Gasteiger partial charge in [0.2, 0.25) is 0 Å². The molecule has 0 aromatic heterocycles. The number of rotatable bonds is 4. The largest absolute Gasteiger partial charge is 0.479 e. The first-order chi connectivity index (χ1) is 8.08. The van der Waals surface area contributed by atoms with E-state index in [1.807, 2.05) is 0 Å². The van der Waals surface area contributed by atoms with Crippen molar-refractivity contribution in [3.63, 3.8) is 0 Å². The van der Waals surface area contributed by atoms with Crippen LogP contribution >= 0.6 is 0 Å². The lowest BCUT2D eigenvalue weighted by atomic mass is 10.2. The molecular formula is C9H9N3O5. The maximum atomic E-state index is 10.6. The number of nitro benzene ring substituents is 1. The molecule has 1 aromatic carbocycles. The van der Waals surface area contributed by atoms with E-state index >= 15 is 0 Å². The van der Waals surface area contributed by atoms with Crippen LogP contribution in [-0.2, 0) is 9.63 Å². The molecule has 90 valence electrons. The number of non-ortho nitro benzene ring substituents is 1. The maximum absolute atomic E-state index is 10.6. The van der Waals surface area contributed by atoms with Gasteiger partial charge in [-0.3, -0.25) is 15.0 Å². The van der Waals surface area contributed by atoms with Crippen molar-refractivity contribution < 1.29 is 19.7 Å². The number of benzene rings is 1. The van der Waals surface area contributed by atoms with Crippen molar-refractivity contribution in [1.29, 1.82) is 0 Å². The van der Waals surface area contributed by atoms with Crippen LogP contribution < -0.4 is 10.4 Å². The third-order valence-electron chi connectivity index (χ3n) is 2.22. The van der Waals surface area contributed by atoms with E-state index in [0.29, 0.717) is 11.4 Å². The van der Waals surface area contributed by atoms with E-state index in [4.69, 9.17) is 9.94 Å². The number of carbonyl (C=O) groups is 1. The molecule has 0 spiro atoms. The minimum absolute atomic E-state index is 0.0728. The summed E-state index contributed by atoms with van der Waals surface area (Å²) >= 11 is 0. The molecule has 2 rings (SSSR count). The molecule has 1 aromatic rings. The van der Waals surface area contributed by atoms with Gasteiger partial charge in [-0.05, 0) is 6.07 Å². The van der Waals surface area contributed by atoms with Gasteiger partial charge in [0, 0.05) is 12.1 Å². The summed E-state index contributed by atoms with van der Waals surface area (Å²) in [6, 6.07) is 4.25. The van der Waals surface area contributed by atoms with Gasteiger partial charge in [-0.1, -0.05) is 0 Å². The number of aliphatic carboxylic acids is 1. The lowest BCUT2D eigenvalue weighted by Crippen LogP contribution is -2.26. The fourth-order valence-electron chi connectivity index (χ4n) is 1.48. The Bertz CT molecular complexity index is 476. The second-order valence-corrected chi connectivity index (χ2v) is 3.34. The molecule has 8 heteroatoms. The number of carboxylic acid groups (broad SMARTS) is 1. The summed E-state index contributed by atoms with van der Waals surface area (Å²) < 4.78 is 0. The maximum Gasteiger partial charge on any atom is 0.332 e. The van der Waals surface area contributed by atoms with Crippen LogP contribution in [0.5, 0.6) is 0 Å². The Hall–Kier alpha value is -2.35. The Morgan fingerprint density at radius 3 is 3.06 bits per heavy atom. The Labute approximate surface area is 95.5 Å². The first-order valence-corrected chi connectivity index (χ1v) is 4.72. The summed E-state index contributed by atoms with van der Waals surface area (Å²) in [5.74, 6) is -1.11. The zero-order valence-electron chi connectivity index (χ0n) is 8.62. The average Bonchev–Trinajstić information content (AvgIpc) is 2.68. The van der Waals surface area contributed by atoms with E-state index in [-0.39, 0.29) is 12.4 Å². The minimum Gasteiger partial charge on any atom is -0.479 e. The van der Waals surface area contributed by atoms with Gasteiger partial charge in [0.05, 0.1) is 16.3 Å². The highest BCUT2D eigenvalue weighted by atomic mass is 16.7. The smallest absolute Gasteiger partial charge is 0.332 e. The minimum atomic E-state index is -1.11. The first kappa shape index (κ1) is 11.1. The molecule has 1 aliphatic heterocycles. The molecule has 0 unspecified atom stereocenters. The van der Waals surface area contributed by atoms with E-state index in [0.717, 1.165) is 0 Å². The van der Waals surface area contributed by atoms with Gasteiger partial charge >= 0.3 is 5.97 Å². The predicted molar refractivity (Wildman–Crippen MR) is 57.7 cm³/mol. The summed E-state index contributed by atoms with van der Waals surface area (Å²) in [7, 11) is 0. The average molecular weight is 239 g/mol. The van der Waals surface area contributed by atoms with Gasteiger partial charge in [-0.2, -0.15) is 0 Å². The molecule has 2 N–H and O–H groups in total. The fourth-order valence-corrected chi connectivity index (χ4v) is 1.48. The van der Waals surface area contributed by atoms with Gasteiger partial charge in [0.1, 0.15) is 6.67 Å². The number of anilines is 2. The zero-order chi connectivity index (χ0) is 12.4. The highest BCUT2D eigenvalue weighted by Crippen LogP contribution is 2.34. The SMILES string of the molecule is O=C(O)CON1CNc2ccc([N+](=O)[O-])cc21. The van der Waals surface area contributed by atoms with Crippen LogP contribution in [0.25, 0.3) is 0 Å². The van der Waals surface area contributed by atoms with Crippen LogP contribution in [0.2, 0.25) is 0 Å². The molecule has 0 saturated carbocycles. The molecule has 17 heavy (non-hydrogen) atoms. The quantitative estimate of drug-likeness (QED) is 0.591. The molecular weight excluding hydrogens is 230 g/mol. The third-order valence-corrected chi connectivity index (χ3v) is 2.22. The van der Waals surface area contributed by atoms with Crippen LogP contribution in [0, 0.1) is 10.1 Å². The van der Waals surface area contributed by atoms with Crippen molar-refractivity contribution in [2.45, 2.75) is 0 Å². The van der Waals surface area contributed by atoms with Crippen molar-refractivity contribution in [2.75, 3.05) is 23.7 Å². The van der Waals surface area contributed by atoms with Gasteiger partial charge in [-0.25, -0.2) is 9.86 Å². The molecule has 0 saturated heterocycles. The normalized spacial score (nSPS) is 13.1. The zero-order valence-corrected chi connectivity index (χ0v) is 8.62. The number of hydrogen-bond acceptors (Lipinski definition) is 6. The molecule has 0 amide bonds. The standard InChI is InChI=1S/C9H9N3O5/c13-9(14)4-17-11-5-10-7-2-1-6(12(15)16)3-8(7)11/h1-3,10H,4-5H2,(H,13,14). The highest BCUT2D eigenvalue weighted by Gasteiger charge is 2.22. The van der Waals surface area contributed by atoms with Gasteiger partial charge in [0.25, 0.3) is 5.69 Å². The molecule has 0 bridgehead atoms. The lowest BCUT2D eigenvalue weighted by molar-refractivity contribution is -0.384. The number of nitrogens with one attached hydrogen (secondary N) is 1. The lowest BCUT2D eigenvalue weighted by Gasteiger charge is -2.15. The number of fused-ring (bicyclic) bond motifs is 1. The molecule has 8 nitrogen and oxygen atoms in total. The van der Waals surface area contributed by atoms with Crippen LogP contribution in [-0.4, -0.2) is 29.3 Å². The van der Waals surface area contributed by atoms with E-state index in [2.05, 4.69) is 5.32 Å². The Morgan fingerprint density at radius 1 is 1.65 bits per heavy atom. The number of hydrogen-bond donors (Lipinski definition) is 2. The Morgan fingerprint density at radius 2 is 2.41 bits per heavy atom. The van der Waals surface area contributed by atoms with E-state index in [1.54, 1.807) is 6.07 Å². The van der Waals surface area contributed by atoms with E-state index in [1.165, 1.54) is 17.2 Å². The third kappa shape index (κ3) is 2.26. The number of hydroxylamine groups is 1. The number of nitro groups is 1. The molecule has 0 fully saturated rings. The van der Waals surface area contributed by atoms with Crippen molar-refractivity contribution in [1.82, 2.24) is 0 Å². The molecule has 1 heterocycles. The first-order valence-electron chi connectivity index (χ1n) is 4.72. The second-order valence-electron chi connectivity index (χ2n) is 3.34. The Kier molecular flexibility index (Phi) is 2.79. The van der Waals surface area contributed by atoms with Crippen molar-refractivity contribution in [3.8, 4) is 0 Å². The summed E-state index contributed by atoms with van der Waals surface area (Å²) in [4.78, 5) is 25.4. The van der Waals surface area contributed by atoms with Crippen LogP contribution in [0.1, 0.15) is 0 Å². The molecule has 0 aliphatic carbocycles. The summed E-state index contributed by atoms with van der Waals surface area (Å²) in [6.07, 6.45) is 0. The van der Waals surface area contributed by atoms with Crippen molar-refractivity contribution in [3.05, 3.63) is 28.3 Å². The van der Waals surface area contributed by atoms with Crippen molar-refractivity contribution >= 4 is 23.0 Å². The monoisotopic (exact) mass is 239 g/mol. The van der Waals surface area contributed by atoms with Crippen molar-refractivity contribution in [2.24, 2.45) is 0 Å². The van der Waals surface area contributed by atoms with E-state index < -0.39 is 17.5 Å². The topological polar surface area (TPSA) is 105 Å². The number of nitrogens with zero attached hydrogens (tertiary/aromatic N) is 2. The molecule has 0 atom stereocenters. The molecule has 1 aliphatic rings. The summed E-state index contributed by atoms with van der Waals surface area (Å²) in [6.45, 7) is -0.242. The van der Waals surface area contributed by atoms with E-state index in [9.17, 15) is 14.9 Å². The van der Waals surface area contributed by atoms with Gasteiger partial charge in [0.15, 0.2) is 6.61 Å². The van der Waals surface area contributed by atoms with Crippen LogP contribution in [0.3, 0.4) is 0 Å². The van der Waals surface area contributed by atoms with Gasteiger partial charge < -0.3 is 10.4 Å². The predicted octanol–water partition coefficient (Wildman–Crippen LogP) is 0.800. The highest BCUT2D eigenvalue weighted by molar-refractivity contribution is 5.76. The number of carboxylic acids is 1. The second kappa shape index (κ2) is 4.26. The van der Waals surface area contributed by atoms with Crippen LogP contribution in [0.15, 0.2) is 18.2 Å². The molecule has 0 radical (unpaired) electrons. The summed E-state index contributed by atoms with van der Waals surface area (Å²) in [5, 5.41) is 23.3. The Balaban J connectivity index is 2.20. The fraction of sp³-hybridized carbons (Fsp3) is 0.222. The van der Waals surface area contributed by atoms with Crippen LogP contribution in [0.4, 0.5) is 17.1 Å². The van der Waals surface area contributed by atoms with Gasteiger partial charge in [-0.15, -0.1) is 0 Å². The summed E-state index contributed by atoms with van der Waals surface area (Å²) in [5.41, 5.74) is 1.05.